The molecule has 0 bridgehead atoms. The second-order valence-electron chi connectivity index (χ2n) is 28.6. The van der Waals surface area contributed by atoms with E-state index in [9.17, 15) is 57.8 Å². The number of hydrogen-bond donors (Lipinski definition) is 7. The SMILES string of the molecule is CC[C@H](C)[C@H](NC(=O)[C@@H]1CCCN1C(=O)[C@@H](CC(C)C)NC(=O)[C@H]1CSC([C@@H]2CCCN2C(=O)[C@@H]2CCCN2C(=O)[C@@H](Cc2ccccc2)N(C)C(=O)CNC(=O)[C@@H](NC(=O)CCCNC(=O)CCCc2ccc(O)cc2)C(C)C)=N1)C(=O)N[C@H](Cc1ccccc1)C(=O)N1CCC[C@H]1C(=O)OC. The molecule has 0 aromatic heterocycles. The summed E-state index contributed by atoms with van der Waals surface area (Å²) in [5.74, 6) is -5.85. The minimum Gasteiger partial charge on any atom is -0.508 e. The van der Waals surface area contributed by atoms with E-state index in [2.05, 4.69) is 31.9 Å². The average molecular weight is 1440 g/mol. The van der Waals surface area contributed by atoms with Gasteiger partial charge in [0.1, 0.15) is 60.1 Å². The van der Waals surface area contributed by atoms with Crippen LogP contribution in [0.4, 0.5) is 0 Å². The highest BCUT2D eigenvalue weighted by molar-refractivity contribution is 8.14. The van der Waals surface area contributed by atoms with E-state index in [0.29, 0.717) is 102 Å². The van der Waals surface area contributed by atoms with Gasteiger partial charge in [0.15, 0.2) is 0 Å². The lowest BCUT2D eigenvalue weighted by Gasteiger charge is -2.35. The number of methoxy groups -OCH3 is 1. The number of phenols is 1. The van der Waals surface area contributed by atoms with Crippen molar-refractivity contribution in [3.63, 3.8) is 0 Å². The van der Waals surface area contributed by atoms with Gasteiger partial charge in [-0.1, -0.05) is 121 Å². The van der Waals surface area contributed by atoms with Gasteiger partial charge in [0.25, 0.3) is 0 Å². The summed E-state index contributed by atoms with van der Waals surface area (Å²) in [6.45, 7) is 12.1. The molecule has 7 N–H and O–H groups in total. The maximum atomic E-state index is 15.0. The van der Waals surface area contributed by atoms with Gasteiger partial charge in [-0.05, 0) is 124 Å². The Morgan fingerprint density at radius 2 is 1.18 bits per heavy atom. The summed E-state index contributed by atoms with van der Waals surface area (Å²) in [6, 6.07) is 15.9. The van der Waals surface area contributed by atoms with Crippen LogP contribution in [0.15, 0.2) is 89.9 Å². The van der Waals surface area contributed by atoms with Crippen LogP contribution in [-0.4, -0.2) is 225 Å². The summed E-state index contributed by atoms with van der Waals surface area (Å²) < 4.78 is 5.02. The Bertz CT molecular complexity index is 3490. The molecule has 0 radical (unpaired) electrons. The number of phenolic OH excluding ortho intramolecular Hbond substituents is 1. The molecule has 560 valence electrons. The average Bonchev–Trinajstić information content (AvgIpc) is 1.67. The molecule has 5 heterocycles. The second-order valence-corrected chi connectivity index (χ2v) is 29.6. The minimum absolute atomic E-state index is 0.0413. The number of ether oxygens (including phenoxy) is 1. The number of benzene rings is 3. The van der Waals surface area contributed by atoms with Gasteiger partial charge in [-0.15, -0.1) is 11.8 Å². The molecule has 3 aromatic rings. The third kappa shape index (κ3) is 21.8. The molecule has 26 nitrogen and oxygen atoms in total. The number of aliphatic imine (C=N–C) groups is 1. The number of rotatable bonds is 34. The molecule has 4 saturated heterocycles. The first-order chi connectivity index (χ1) is 49.4. The van der Waals surface area contributed by atoms with Crippen LogP contribution in [0.25, 0.3) is 0 Å². The molecule has 0 unspecified atom stereocenters. The molecule has 5 aliphatic rings. The fourth-order valence-corrected chi connectivity index (χ4v) is 15.5. The zero-order valence-corrected chi connectivity index (χ0v) is 61.7. The lowest BCUT2D eigenvalue weighted by Crippen LogP contribution is -2.60. The number of nitrogens with zero attached hydrogens (tertiary/aromatic N) is 6. The van der Waals surface area contributed by atoms with Crippen molar-refractivity contribution in [2.45, 2.75) is 211 Å². The molecular weight excluding hydrogens is 1340 g/mol. The van der Waals surface area contributed by atoms with Crippen LogP contribution >= 0.6 is 11.8 Å². The summed E-state index contributed by atoms with van der Waals surface area (Å²) in [5.41, 5.74) is 2.55. The predicted molar refractivity (Wildman–Crippen MR) is 389 cm³/mol. The number of carbonyl (C=O) groups excluding carboxylic acids is 12. The third-order valence-corrected chi connectivity index (χ3v) is 21.4. The Kier molecular flexibility index (Phi) is 29.9. The number of hydrogen-bond acceptors (Lipinski definition) is 16. The molecule has 11 atom stereocenters. The van der Waals surface area contributed by atoms with Crippen LogP contribution in [0.5, 0.6) is 5.75 Å². The van der Waals surface area contributed by atoms with E-state index < -0.39 is 132 Å². The van der Waals surface area contributed by atoms with E-state index in [1.54, 1.807) is 35.8 Å². The highest BCUT2D eigenvalue weighted by Crippen LogP contribution is 2.33. The Labute approximate surface area is 609 Å². The summed E-state index contributed by atoms with van der Waals surface area (Å²) >= 11 is 1.37. The van der Waals surface area contributed by atoms with Gasteiger partial charge in [0.05, 0.1) is 24.7 Å². The van der Waals surface area contributed by atoms with Crippen LogP contribution in [0.1, 0.15) is 148 Å². The van der Waals surface area contributed by atoms with E-state index in [-0.39, 0.29) is 80.5 Å². The van der Waals surface area contributed by atoms with E-state index in [4.69, 9.17) is 9.73 Å². The largest absolute Gasteiger partial charge is 0.508 e. The number of likely N-dealkylation sites (tertiary alicyclic amines) is 4. The highest BCUT2D eigenvalue weighted by Gasteiger charge is 2.47. The number of thioether (sulfide) groups is 1. The van der Waals surface area contributed by atoms with Gasteiger partial charge in [-0.3, -0.25) is 57.7 Å². The minimum atomic E-state index is -1.10. The van der Waals surface area contributed by atoms with Gasteiger partial charge in [-0.25, -0.2) is 4.79 Å². The predicted octanol–water partition coefficient (Wildman–Crippen LogP) is 4.38. The Morgan fingerprint density at radius 1 is 0.602 bits per heavy atom. The standard InChI is InChI=1S/C76H106N12O14S/c1-9-49(6)66(70(96)80-55(43-51-22-12-10-13-23-51)73(98)88-41-21-30-60(88)76(101)102-8)83-68(94)57-27-18-38-85(57)72(97)54(42-47(2)3)79-67(93)56-46-103-71(81-56)58-28-19-39-86(58)74(99)59-29-20-40-87(59)75(100)61(44-52-24-14-11-15-25-52)84(7)64(92)45-78-69(95)65(48(4)5)82-63(91)32-17-37-77-62(90)31-16-26-50-33-35-53(89)36-34-50/h10-15,22-25,33-36,47-49,54-61,65-66,89H,9,16-21,26-32,37-46H2,1-8H3,(H,77,90)(H,78,95)(H,79,93)(H,80,96)(H,82,91)(H,83,94)/t49-,54+,55+,56+,57-,58-,59-,60-,61+,65-,66-/m0/s1. The van der Waals surface area contributed by atoms with E-state index in [0.717, 1.165) is 16.7 Å². The smallest absolute Gasteiger partial charge is 0.328 e. The maximum absolute atomic E-state index is 15.0. The molecule has 0 aliphatic carbocycles. The van der Waals surface area contributed by atoms with Crippen LogP contribution in [0, 0.1) is 17.8 Å². The highest BCUT2D eigenvalue weighted by atomic mass is 32.2. The van der Waals surface area contributed by atoms with Gasteiger partial charge in [0, 0.05) is 71.2 Å². The number of aryl methyl sites for hydroxylation is 1. The van der Waals surface area contributed by atoms with Gasteiger partial charge in [0.2, 0.25) is 65.0 Å². The monoisotopic (exact) mass is 1440 g/mol. The topological polar surface area (TPSA) is 335 Å². The molecule has 8 rings (SSSR count). The van der Waals surface area contributed by atoms with Crippen molar-refractivity contribution < 1.29 is 67.4 Å². The zero-order chi connectivity index (χ0) is 74.4. The first kappa shape index (κ1) is 79.8. The molecule has 11 amide bonds. The van der Waals surface area contributed by atoms with E-state index in [1.165, 1.54) is 40.6 Å². The molecule has 0 spiro atoms. The lowest BCUT2D eigenvalue weighted by molar-refractivity contribution is -0.152. The second kappa shape index (κ2) is 38.6. The van der Waals surface area contributed by atoms with Crippen molar-refractivity contribution in [2.75, 3.05) is 59.2 Å². The van der Waals surface area contributed by atoms with Gasteiger partial charge in [-0.2, -0.15) is 0 Å². The Morgan fingerprint density at radius 3 is 1.82 bits per heavy atom. The number of amides is 11. The molecule has 4 fully saturated rings. The quantitative estimate of drug-likeness (QED) is 0.0322. The van der Waals surface area contributed by atoms with Crippen molar-refractivity contribution in [2.24, 2.45) is 22.7 Å². The van der Waals surface area contributed by atoms with E-state index >= 15 is 4.79 Å². The lowest BCUT2D eigenvalue weighted by atomic mass is 9.96. The Balaban J connectivity index is 0.861. The Hall–Kier alpha value is -8.88. The van der Waals surface area contributed by atoms with Crippen LogP contribution in [-0.2, 0) is 81.5 Å². The molecule has 5 aliphatic heterocycles. The zero-order valence-electron chi connectivity index (χ0n) is 60.9. The van der Waals surface area contributed by atoms with Gasteiger partial charge < -0.3 is 66.2 Å². The van der Waals surface area contributed by atoms with Crippen molar-refractivity contribution >= 4 is 87.8 Å². The van der Waals surface area contributed by atoms with Crippen molar-refractivity contribution in [3.8, 4) is 5.75 Å². The first-order valence-electron chi connectivity index (χ1n) is 36.7. The van der Waals surface area contributed by atoms with Crippen molar-refractivity contribution in [1.82, 2.24) is 56.4 Å². The van der Waals surface area contributed by atoms with Gasteiger partial charge >= 0.3 is 5.97 Å². The number of esters is 1. The fraction of sp³-hybridized carbons (Fsp3) is 0.592. The normalized spacial score (nSPS) is 20.4. The molecule has 27 heteroatoms. The fourth-order valence-electron chi connectivity index (χ4n) is 14.3. The summed E-state index contributed by atoms with van der Waals surface area (Å²) in [5, 5.41) is 27.2. The number of nitrogens with one attached hydrogen (secondary N) is 6. The first-order valence-corrected chi connectivity index (χ1v) is 37.7. The summed E-state index contributed by atoms with van der Waals surface area (Å²) in [6.07, 6.45) is 6.85. The molecule has 103 heavy (non-hydrogen) atoms. The van der Waals surface area contributed by atoms with E-state index in [1.807, 2.05) is 100 Å². The van der Waals surface area contributed by atoms with Crippen LogP contribution in [0.2, 0.25) is 0 Å². The molecule has 0 saturated carbocycles. The summed E-state index contributed by atoms with van der Waals surface area (Å²) in [7, 11) is 2.77. The molecule has 3 aromatic carbocycles. The van der Waals surface area contributed by atoms with Crippen molar-refractivity contribution in [3.05, 3.63) is 102 Å². The third-order valence-electron chi connectivity index (χ3n) is 20.3. The number of aromatic hydroxyl groups is 1. The summed E-state index contributed by atoms with van der Waals surface area (Å²) in [4.78, 5) is 181. The maximum Gasteiger partial charge on any atom is 0.328 e. The number of likely N-dealkylation sites (N-methyl/N-ethyl adjacent to an activating group) is 1. The van der Waals surface area contributed by atoms with Crippen LogP contribution < -0.4 is 31.9 Å². The number of carbonyl (C=O) groups is 12. The van der Waals surface area contributed by atoms with Crippen molar-refractivity contribution in [1.29, 1.82) is 0 Å². The van der Waals surface area contributed by atoms with Crippen LogP contribution in [0.3, 0.4) is 0 Å². The molecular formula is C76H106N12O14S.